The van der Waals surface area contributed by atoms with Crippen LogP contribution in [0.3, 0.4) is 0 Å². The molecule has 12 heteroatoms. The van der Waals surface area contributed by atoms with E-state index in [2.05, 4.69) is 0 Å². The molecule has 0 spiro atoms. The van der Waals surface area contributed by atoms with Crippen LogP contribution < -0.4 is 0 Å². The van der Waals surface area contributed by atoms with Crippen LogP contribution in [0.25, 0.3) is 0 Å². The normalized spacial score (nSPS) is 24.3. The van der Waals surface area contributed by atoms with Crippen LogP contribution in [-0.4, -0.2) is 85.7 Å². The van der Waals surface area contributed by atoms with Gasteiger partial charge in [0.1, 0.15) is 35.9 Å². The van der Waals surface area contributed by atoms with E-state index in [9.17, 15) is 30.3 Å². The second-order valence-electron chi connectivity index (χ2n) is 10.0. The molecule has 0 aliphatic heterocycles. The van der Waals surface area contributed by atoms with Gasteiger partial charge in [-0.2, -0.15) is 0 Å². The Kier molecular flexibility index (Phi) is 12.8. The SMILES string of the molecule is O=C(OC[C@@H](O)[C@H](O)[C@H](O)[C@H](O)CO)c1ccc(CCC[C@@H]2[C@@H](CCc3cc(Cl)cc(Cl)c3)[C@H](O)C[C@H]2Cl)s1. The van der Waals surface area contributed by atoms with Crippen molar-refractivity contribution in [3.63, 3.8) is 0 Å². The highest BCUT2D eigenvalue weighted by Gasteiger charge is 2.40. The van der Waals surface area contributed by atoms with Crippen LogP contribution >= 0.6 is 46.1 Å². The molecule has 0 amide bonds. The van der Waals surface area contributed by atoms with Crippen LogP contribution in [0.15, 0.2) is 30.3 Å². The number of ether oxygens (including phenoxy) is 1. The average Bonchev–Trinajstić information content (AvgIpc) is 3.47. The summed E-state index contributed by atoms with van der Waals surface area (Å²) in [6.45, 7) is -1.39. The summed E-state index contributed by atoms with van der Waals surface area (Å²) in [7, 11) is 0. The summed E-state index contributed by atoms with van der Waals surface area (Å²) in [6, 6.07) is 8.91. The Labute approximate surface area is 246 Å². The van der Waals surface area contributed by atoms with Crippen LogP contribution in [0.5, 0.6) is 0 Å². The topological polar surface area (TPSA) is 148 Å². The minimum Gasteiger partial charge on any atom is -0.459 e. The fraction of sp³-hybridized carbons (Fsp3) is 0.593. The number of carbonyl (C=O) groups excluding carboxylic acids is 1. The van der Waals surface area contributed by atoms with Crippen LogP contribution in [-0.2, 0) is 17.6 Å². The Morgan fingerprint density at radius 1 is 0.974 bits per heavy atom. The molecular weight excluding hydrogens is 591 g/mol. The zero-order valence-electron chi connectivity index (χ0n) is 21.2. The zero-order valence-corrected chi connectivity index (χ0v) is 24.3. The molecule has 0 saturated heterocycles. The van der Waals surface area contributed by atoms with Gasteiger partial charge in [0, 0.05) is 20.3 Å². The number of hydrogen-bond acceptors (Lipinski definition) is 9. The van der Waals surface area contributed by atoms with E-state index in [-0.39, 0.29) is 17.2 Å². The predicted molar refractivity (Wildman–Crippen MR) is 151 cm³/mol. The number of rotatable bonds is 14. The lowest BCUT2D eigenvalue weighted by Gasteiger charge is -2.25. The first-order chi connectivity index (χ1) is 18.5. The molecule has 8 nitrogen and oxygen atoms in total. The fourth-order valence-corrected chi connectivity index (χ4v) is 7.06. The second-order valence-corrected chi connectivity index (χ2v) is 12.6. The van der Waals surface area contributed by atoms with E-state index >= 15 is 0 Å². The summed E-state index contributed by atoms with van der Waals surface area (Å²) < 4.78 is 5.04. The second kappa shape index (κ2) is 15.3. The highest BCUT2D eigenvalue weighted by atomic mass is 35.5. The number of carbonyl (C=O) groups is 1. The van der Waals surface area contributed by atoms with Crippen molar-refractivity contribution >= 4 is 52.1 Å². The molecule has 218 valence electrons. The predicted octanol–water partition coefficient (Wildman–Crippen LogP) is 3.21. The van der Waals surface area contributed by atoms with Gasteiger partial charge in [0.25, 0.3) is 0 Å². The third kappa shape index (κ3) is 9.26. The van der Waals surface area contributed by atoms with Crippen molar-refractivity contribution in [2.24, 2.45) is 11.8 Å². The van der Waals surface area contributed by atoms with Crippen molar-refractivity contribution in [2.45, 2.75) is 74.4 Å². The van der Waals surface area contributed by atoms with E-state index in [1.807, 2.05) is 18.2 Å². The molecule has 1 heterocycles. The van der Waals surface area contributed by atoms with Crippen LogP contribution in [0.4, 0.5) is 0 Å². The minimum atomic E-state index is -1.80. The molecule has 2 aromatic rings. The average molecular weight is 626 g/mol. The minimum absolute atomic E-state index is 0.0675. The fourth-order valence-electron chi connectivity index (χ4n) is 5.05. The van der Waals surface area contributed by atoms with Crippen molar-refractivity contribution in [1.82, 2.24) is 0 Å². The molecule has 8 atom stereocenters. The van der Waals surface area contributed by atoms with Gasteiger partial charge in [-0.15, -0.1) is 22.9 Å². The molecule has 1 fully saturated rings. The van der Waals surface area contributed by atoms with Crippen LogP contribution in [0, 0.1) is 11.8 Å². The Morgan fingerprint density at radius 3 is 2.31 bits per heavy atom. The van der Waals surface area contributed by atoms with Gasteiger partial charge in [0.2, 0.25) is 0 Å². The summed E-state index contributed by atoms with van der Waals surface area (Å²) in [5.41, 5.74) is 1.02. The highest BCUT2D eigenvalue weighted by molar-refractivity contribution is 7.13. The summed E-state index contributed by atoms with van der Waals surface area (Å²) in [4.78, 5) is 13.7. The number of benzene rings is 1. The number of aryl methyl sites for hydroxylation is 2. The number of hydrogen-bond donors (Lipinski definition) is 6. The molecule has 1 aromatic heterocycles. The van der Waals surface area contributed by atoms with E-state index in [0.29, 0.717) is 21.3 Å². The standard InChI is InChI=1S/C27H35Cl3O8S/c28-15-8-14(9-16(29)10-15)4-6-19-18(20(30)11-21(19)32)3-1-2-17-5-7-24(39-17)27(37)38-13-23(34)26(36)25(35)22(33)12-31/h5,7-10,18-23,25-26,31-36H,1-4,6,11-13H2/t18-,19-,20-,21-,22-,23-,25-,26+/m1/s1. The van der Waals surface area contributed by atoms with Gasteiger partial charge >= 0.3 is 5.97 Å². The maximum atomic E-state index is 12.4. The van der Waals surface area contributed by atoms with Gasteiger partial charge in [-0.3, -0.25) is 0 Å². The largest absolute Gasteiger partial charge is 0.459 e. The lowest BCUT2D eigenvalue weighted by atomic mass is 9.85. The molecule has 0 radical (unpaired) electrons. The smallest absolute Gasteiger partial charge is 0.348 e. The maximum Gasteiger partial charge on any atom is 0.348 e. The van der Waals surface area contributed by atoms with Crippen molar-refractivity contribution < 1.29 is 40.2 Å². The first-order valence-corrected chi connectivity index (χ1v) is 14.9. The monoisotopic (exact) mass is 624 g/mol. The van der Waals surface area contributed by atoms with Gasteiger partial charge in [-0.1, -0.05) is 23.2 Å². The van der Waals surface area contributed by atoms with Gasteiger partial charge < -0.3 is 35.4 Å². The first kappa shape index (κ1) is 32.5. The van der Waals surface area contributed by atoms with E-state index in [1.54, 1.807) is 12.1 Å². The Balaban J connectivity index is 1.46. The molecule has 1 aromatic carbocycles. The molecule has 1 saturated carbocycles. The molecular formula is C27H35Cl3O8S. The quantitative estimate of drug-likeness (QED) is 0.139. The van der Waals surface area contributed by atoms with Crippen molar-refractivity contribution in [3.8, 4) is 0 Å². The Hall–Kier alpha value is -0.980. The van der Waals surface area contributed by atoms with E-state index in [0.717, 1.165) is 42.5 Å². The molecule has 39 heavy (non-hydrogen) atoms. The third-order valence-electron chi connectivity index (χ3n) is 7.20. The molecule has 1 aliphatic carbocycles. The van der Waals surface area contributed by atoms with Crippen molar-refractivity contribution in [2.75, 3.05) is 13.2 Å². The van der Waals surface area contributed by atoms with Crippen molar-refractivity contribution in [3.05, 3.63) is 55.7 Å². The first-order valence-electron chi connectivity index (χ1n) is 12.9. The molecule has 0 bridgehead atoms. The molecule has 0 unspecified atom stereocenters. The molecule has 1 aliphatic rings. The number of esters is 1. The summed E-state index contributed by atoms with van der Waals surface area (Å²) in [6.07, 6.45) is -2.88. The number of aliphatic hydroxyl groups excluding tert-OH is 6. The van der Waals surface area contributed by atoms with E-state index in [4.69, 9.17) is 44.6 Å². The Bertz CT molecular complexity index is 1050. The van der Waals surface area contributed by atoms with Gasteiger partial charge in [0.05, 0.1) is 12.7 Å². The van der Waals surface area contributed by atoms with E-state index in [1.165, 1.54) is 11.3 Å². The van der Waals surface area contributed by atoms with Crippen LogP contribution in [0.2, 0.25) is 10.0 Å². The maximum absolute atomic E-state index is 12.4. The lowest BCUT2D eigenvalue weighted by Crippen LogP contribution is -2.47. The third-order valence-corrected chi connectivity index (χ3v) is 9.26. The van der Waals surface area contributed by atoms with Gasteiger partial charge in [0.15, 0.2) is 0 Å². The molecule has 6 N–H and O–H groups in total. The van der Waals surface area contributed by atoms with Gasteiger partial charge in [-0.05, 0) is 86.3 Å². The number of alkyl halides is 1. The number of thiophene rings is 1. The summed E-state index contributed by atoms with van der Waals surface area (Å²) in [5.74, 6) is -0.457. The summed E-state index contributed by atoms with van der Waals surface area (Å²) in [5, 5.41) is 59.3. The zero-order chi connectivity index (χ0) is 28.7. The molecule has 3 rings (SSSR count). The number of halogens is 3. The Morgan fingerprint density at radius 2 is 1.64 bits per heavy atom. The van der Waals surface area contributed by atoms with Gasteiger partial charge in [-0.25, -0.2) is 4.79 Å². The van der Waals surface area contributed by atoms with E-state index < -0.39 is 49.7 Å². The van der Waals surface area contributed by atoms with Crippen molar-refractivity contribution in [1.29, 1.82) is 0 Å². The number of aliphatic hydroxyl groups is 6. The van der Waals surface area contributed by atoms with Crippen LogP contribution in [0.1, 0.15) is 45.8 Å². The summed E-state index contributed by atoms with van der Waals surface area (Å²) >= 11 is 20.1. The highest BCUT2D eigenvalue weighted by Crippen LogP contribution is 2.42. The lowest BCUT2D eigenvalue weighted by molar-refractivity contribution is -0.124.